The number of para-hydroxylation sites is 1. The normalized spacial score (nSPS) is 10.8. The summed E-state index contributed by atoms with van der Waals surface area (Å²) >= 11 is 0. The highest BCUT2D eigenvalue weighted by Gasteiger charge is 2.06. The smallest absolute Gasteiger partial charge is 0.305 e. The lowest BCUT2D eigenvalue weighted by Crippen LogP contribution is -2.00. The van der Waals surface area contributed by atoms with Crippen molar-refractivity contribution in [3.63, 3.8) is 0 Å². The average molecular weight is 296 g/mol. The number of esters is 1. The first-order chi connectivity index (χ1) is 10.8. The summed E-state index contributed by atoms with van der Waals surface area (Å²) in [6.45, 7) is 0. The highest BCUT2D eigenvalue weighted by Crippen LogP contribution is 2.14. The van der Waals surface area contributed by atoms with Gasteiger partial charge < -0.3 is 4.74 Å². The molecule has 3 aromatic rings. The first kappa shape index (κ1) is 14.2. The van der Waals surface area contributed by atoms with Crippen molar-refractivity contribution in [3.8, 4) is 5.82 Å². The highest BCUT2D eigenvalue weighted by atomic mass is 16.5. The number of fused-ring (bicyclic) bond motifs is 1. The van der Waals surface area contributed by atoms with Crippen LogP contribution >= 0.6 is 0 Å². The van der Waals surface area contributed by atoms with Crippen molar-refractivity contribution in [2.45, 2.75) is 19.3 Å². The van der Waals surface area contributed by atoms with Crippen LogP contribution in [0.5, 0.6) is 0 Å². The number of methoxy groups -OCH3 is 1. The molecule has 2 aromatic heterocycles. The molecule has 22 heavy (non-hydrogen) atoms. The molecule has 2 heterocycles. The number of carbonyl (C=O) groups excluding carboxylic acids is 1. The zero-order valence-electron chi connectivity index (χ0n) is 12.3. The van der Waals surface area contributed by atoms with Crippen LogP contribution in [0.4, 0.5) is 0 Å². The second kappa shape index (κ2) is 6.34. The Morgan fingerprint density at radius 3 is 2.95 bits per heavy atom. The van der Waals surface area contributed by atoms with E-state index in [1.54, 1.807) is 4.68 Å². The minimum Gasteiger partial charge on any atom is -0.469 e. The predicted octanol–water partition coefficient (Wildman–Crippen LogP) is 2.31. The number of ether oxygens (including phenoxy) is 1. The fourth-order valence-corrected chi connectivity index (χ4v) is 2.22. The maximum Gasteiger partial charge on any atom is 0.305 e. The van der Waals surface area contributed by atoms with Crippen molar-refractivity contribution in [1.82, 2.24) is 20.0 Å². The van der Waals surface area contributed by atoms with Gasteiger partial charge in [-0.2, -0.15) is 0 Å². The Hall–Kier alpha value is -2.76. The summed E-state index contributed by atoms with van der Waals surface area (Å²) in [6.07, 6.45) is 3.60. The fraction of sp³-hybridized carbons (Fsp3) is 0.250. The Morgan fingerprint density at radius 1 is 1.23 bits per heavy atom. The van der Waals surface area contributed by atoms with Crippen LogP contribution in [0.2, 0.25) is 0 Å². The number of hydrogen-bond acceptors (Lipinski definition) is 5. The maximum atomic E-state index is 11.1. The number of pyridine rings is 1. The fourth-order valence-electron chi connectivity index (χ4n) is 2.22. The molecule has 112 valence electrons. The van der Waals surface area contributed by atoms with Gasteiger partial charge in [-0.1, -0.05) is 23.4 Å². The van der Waals surface area contributed by atoms with Gasteiger partial charge in [0.25, 0.3) is 0 Å². The molecule has 0 aliphatic rings. The molecule has 0 atom stereocenters. The Kier molecular flexibility index (Phi) is 4.09. The highest BCUT2D eigenvalue weighted by molar-refractivity contribution is 5.79. The summed E-state index contributed by atoms with van der Waals surface area (Å²) in [7, 11) is 1.39. The first-order valence-corrected chi connectivity index (χ1v) is 7.10. The number of aromatic nitrogens is 4. The molecule has 3 rings (SSSR count). The van der Waals surface area contributed by atoms with Crippen LogP contribution in [0, 0.1) is 0 Å². The van der Waals surface area contributed by atoms with Crippen molar-refractivity contribution >= 4 is 16.9 Å². The van der Waals surface area contributed by atoms with Crippen LogP contribution in [0.15, 0.2) is 42.6 Å². The lowest BCUT2D eigenvalue weighted by molar-refractivity contribution is -0.140. The summed E-state index contributed by atoms with van der Waals surface area (Å²) in [5.74, 6) is 0.522. The van der Waals surface area contributed by atoms with Gasteiger partial charge in [0.2, 0.25) is 0 Å². The molecule has 6 nitrogen and oxygen atoms in total. The van der Waals surface area contributed by atoms with Crippen LogP contribution in [0.25, 0.3) is 16.7 Å². The molecule has 0 unspecified atom stereocenters. The number of rotatable bonds is 5. The zero-order chi connectivity index (χ0) is 15.4. The van der Waals surface area contributed by atoms with Crippen LogP contribution < -0.4 is 0 Å². The predicted molar refractivity (Wildman–Crippen MR) is 81.6 cm³/mol. The largest absolute Gasteiger partial charge is 0.469 e. The summed E-state index contributed by atoms with van der Waals surface area (Å²) in [5, 5.41) is 9.30. The summed E-state index contributed by atoms with van der Waals surface area (Å²) < 4.78 is 6.27. The van der Waals surface area contributed by atoms with Gasteiger partial charge in [-0.15, -0.1) is 5.10 Å². The molecule has 0 radical (unpaired) electrons. The number of aryl methyl sites for hydroxylation is 1. The quantitative estimate of drug-likeness (QED) is 0.676. The third-order valence-corrected chi connectivity index (χ3v) is 3.40. The zero-order valence-corrected chi connectivity index (χ0v) is 12.3. The molecule has 0 N–H and O–H groups in total. The summed E-state index contributed by atoms with van der Waals surface area (Å²) in [4.78, 5) is 15.6. The van der Waals surface area contributed by atoms with E-state index in [4.69, 9.17) is 0 Å². The Bertz CT molecular complexity index is 797. The van der Waals surface area contributed by atoms with Gasteiger partial charge in [0, 0.05) is 11.8 Å². The van der Waals surface area contributed by atoms with Crippen molar-refractivity contribution in [1.29, 1.82) is 0 Å². The van der Waals surface area contributed by atoms with Crippen molar-refractivity contribution in [2.75, 3.05) is 7.11 Å². The lowest BCUT2D eigenvalue weighted by atomic mass is 10.2. The molecular weight excluding hydrogens is 280 g/mol. The third-order valence-electron chi connectivity index (χ3n) is 3.40. The third kappa shape index (κ3) is 3.11. The van der Waals surface area contributed by atoms with E-state index in [1.807, 2.05) is 42.6 Å². The van der Waals surface area contributed by atoms with E-state index in [0.717, 1.165) is 22.4 Å². The molecule has 6 heteroatoms. The molecule has 0 amide bonds. The van der Waals surface area contributed by atoms with Gasteiger partial charge >= 0.3 is 5.97 Å². The van der Waals surface area contributed by atoms with Crippen LogP contribution in [0.1, 0.15) is 18.5 Å². The molecule has 0 aliphatic carbocycles. The van der Waals surface area contributed by atoms with E-state index >= 15 is 0 Å². The first-order valence-electron chi connectivity index (χ1n) is 7.10. The molecule has 1 aromatic carbocycles. The molecule has 0 saturated heterocycles. The standard InChI is InChI=1S/C16H16N4O2/c1-22-16(21)8-4-6-13-11-20(19-18-13)15-10-9-12-5-2-3-7-14(12)17-15/h2-3,5,7,9-11H,4,6,8H2,1H3. The average Bonchev–Trinajstić information content (AvgIpc) is 3.03. The van der Waals surface area contributed by atoms with E-state index in [0.29, 0.717) is 19.3 Å². The maximum absolute atomic E-state index is 11.1. The van der Waals surface area contributed by atoms with Crippen LogP contribution in [0.3, 0.4) is 0 Å². The van der Waals surface area contributed by atoms with E-state index in [9.17, 15) is 4.79 Å². The van der Waals surface area contributed by atoms with Crippen molar-refractivity contribution in [2.24, 2.45) is 0 Å². The Balaban J connectivity index is 1.73. The minimum atomic E-state index is -0.205. The molecule has 0 fully saturated rings. The molecule has 0 saturated carbocycles. The van der Waals surface area contributed by atoms with Crippen molar-refractivity contribution < 1.29 is 9.53 Å². The van der Waals surface area contributed by atoms with Gasteiger partial charge in [0.15, 0.2) is 5.82 Å². The lowest BCUT2D eigenvalue weighted by Gasteiger charge is -2.01. The number of hydrogen-bond donors (Lipinski definition) is 0. The molecule has 0 aliphatic heterocycles. The Labute approximate surface area is 127 Å². The van der Waals surface area contributed by atoms with Gasteiger partial charge in [-0.3, -0.25) is 4.79 Å². The van der Waals surface area contributed by atoms with Gasteiger partial charge in [-0.05, 0) is 31.0 Å². The van der Waals surface area contributed by atoms with Gasteiger partial charge in [0.05, 0.1) is 24.5 Å². The second-order valence-electron chi connectivity index (χ2n) is 4.95. The number of carbonyl (C=O) groups is 1. The number of benzene rings is 1. The van der Waals surface area contributed by atoms with Crippen LogP contribution in [-0.2, 0) is 16.0 Å². The minimum absolute atomic E-state index is 0.205. The van der Waals surface area contributed by atoms with E-state index in [1.165, 1.54) is 7.11 Å². The van der Waals surface area contributed by atoms with Gasteiger partial charge in [0.1, 0.15) is 0 Å². The number of nitrogens with zero attached hydrogens (tertiary/aromatic N) is 4. The molecule has 0 spiro atoms. The van der Waals surface area contributed by atoms with Crippen molar-refractivity contribution in [3.05, 3.63) is 48.3 Å². The topological polar surface area (TPSA) is 69.9 Å². The van der Waals surface area contributed by atoms with Crippen LogP contribution in [-0.4, -0.2) is 33.1 Å². The van der Waals surface area contributed by atoms with E-state index in [2.05, 4.69) is 20.0 Å². The van der Waals surface area contributed by atoms with Gasteiger partial charge in [-0.25, -0.2) is 9.67 Å². The SMILES string of the molecule is COC(=O)CCCc1cn(-c2ccc3ccccc3n2)nn1. The summed E-state index contributed by atoms with van der Waals surface area (Å²) in [5.41, 5.74) is 1.75. The monoisotopic (exact) mass is 296 g/mol. The van der Waals surface area contributed by atoms with E-state index < -0.39 is 0 Å². The summed E-state index contributed by atoms with van der Waals surface area (Å²) in [6, 6.07) is 11.8. The Morgan fingerprint density at radius 2 is 2.09 bits per heavy atom. The molecular formula is C16H16N4O2. The molecule has 0 bridgehead atoms. The van der Waals surface area contributed by atoms with E-state index in [-0.39, 0.29) is 5.97 Å². The second-order valence-corrected chi connectivity index (χ2v) is 4.95.